The number of fused-ring (bicyclic) bond motifs is 4. The molecule has 4 aliphatic rings. The summed E-state index contributed by atoms with van der Waals surface area (Å²) in [5.41, 5.74) is 4.57. The average molecular weight is 297 g/mol. The number of carbonyl (C=O) groups is 1. The molecule has 5 rings (SSSR count). The zero-order chi connectivity index (χ0) is 15.2. The third-order valence-electron chi connectivity index (χ3n) is 5.68. The lowest BCUT2D eigenvalue weighted by molar-refractivity contribution is -0.143. The van der Waals surface area contributed by atoms with E-state index in [1.165, 1.54) is 50.0 Å². The highest BCUT2D eigenvalue weighted by molar-refractivity contribution is 6.18. The molecular weight excluding hydrogens is 274 g/mol. The monoisotopic (exact) mass is 297 g/mol. The van der Waals surface area contributed by atoms with Gasteiger partial charge in [0.25, 0.3) is 0 Å². The van der Waals surface area contributed by atoms with Gasteiger partial charge in [0.2, 0.25) is 0 Å². The first kappa shape index (κ1) is 14.0. The number of piperidine rings is 3. The normalized spacial score (nSPS) is 29.1. The zero-order valence-corrected chi connectivity index (χ0v) is 13.2. The van der Waals surface area contributed by atoms with Crippen LogP contribution in [0.4, 0.5) is 0 Å². The van der Waals surface area contributed by atoms with Gasteiger partial charge in [-0.1, -0.05) is 29.8 Å². The molecule has 3 fully saturated rings. The molecule has 2 bridgehead atoms. The van der Waals surface area contributed by atoms with Crippen molar-refractivity contribution >= 4 is 11.5 Å². The van der Waals surface area contributed by atoms with E-state index < -0.39 is 0 Å². The molecular formula is C19H23NO2. The van der Waals surface area contributed by atoms with Crippen LogP contribution >= 0.6 is 0 Å². The van der Waals surface area contributed by atoms with Crippen molar-refractivity contribution in [1.82, 2.24) is 4.90 Å². The summed E-state index contributed by atoms with van der Waals surface area (Å²) in [6, 6.07) is 6.30. The van der Waals surface area contributed by atoms with Gasteiger partial charge in [-0.15, -0.1) is 0 Å². The smallest absolute Gasteiger partial charge is 0.338 e. The van der Waals surface area contributed by atoms with Gasteiger partial charge >= 0.3 is 5.97 Å². The third kappa shape index (κ3) is 2.38. The molecule has 116 valence electrons. The maximum Gasteiger partial charge on any atom is 0.338 e. The molecule has 0 atom stereocenters. The SMILES string of the molecule is Cc1ccc2c(c1)CC=C2C(=O)OCC12CCN(CC1)CC2. The van der Waals surface area contributed by atoms with E-state index in [2.05, 4.69) is 30.0 Å². The number of hydrogen-bond acceptors (Lipinski definition) is 3. The lowest BCUT2D eigenvalue weighted by Gasteiger charge is -2.47. The third-order valence-corrected chi connectivity index (χ3v) is 5.68. The van der Waals surface area contributed by atoms with Gasteiger partial charge in [-0.3, -0.25) is 0 Å². The van der Waals surface area contributed by atoms with E-state index in [1.807, 2.05) is 6.08 Å². The summed E-state index contributed by atoms with van der Waals surface area (Å²) in [4.78, 5) is 15.0. The van der Waals surface area contributed by atoms with E-state index >= 15 is 0 Å². The summed E-state index contributed by atoms with van der Waals surface area (Å²) in [7, 11) is 0. The quantitative estimate of drug-likeness (QED) is 0.803. The van der Waals surface area contributed by atoms with Crippen LogP contribution < -0.4 is 0 Å². The van der Waals surface area contributed by atoms with Crippen LogP contribution in [0.15, 0.2) is 24.3 Å². The number of nitrogens with zero attached hydrogens (tertiary/aromatic N) is 1. The molecule has 22 heavy (non-hydrogen) atoms. The summed E-state index contributed by atoms with van der Waals surface area (Å²) in [6.07, 6.45) is 6.40. The molecule has 3 heterocycles. The Hall–Kier alpha value is -1.61. The molecule has 3 aliphatic heterocycles. The molecule has 1 aromatic carbocycles. The molecule has 0 spiro atoms. The first-order valence-corrected chi connectivity index (χ1v) is 8.35. The number of ether oxygens (including phenoxy) is 1. The van der Waals surface area contributed by atoms with Gasteiger partial charge in [0.1, 0.15) is 0 Å². The predicted molar refractivity (Wildman–Crippen MR) is 86.5 cm³/mol. The van der Waals surface area contributed by atoms with E-state index in [9.17, 15) is 4.79 Å². The number of rotatable bonds is 3. The van der Waals surface area contributed by atoms with Gasteiger partial charge in [-0.25, -0.2) is 4.79 Å². The van der Waals surface area contributed by atoms with Crippen molar-refractivity contribution in [3.05, 3.63) is 41.0 Å². The van der Waals surface area contributed by atoms with E-state index in [0.29, 0.717) is 6.61 Å². The maximum absolute atomic E-state index is 12.5. The van der Waals surface area contributed by atoms with Gasteiger partial charge in [-0.05, 0) is 63.4 Å². The Bertz CT molecular complexity index is 625. The minimum absolute atomic E-state index is 0.134. The van der Waals surface area contributed by atoms with Crippen molar-refractivity contribution in [3.63, 3.8) is 0 Å². The highest BCUT2D eigenvalue weighted by Crippen LogP contribution is 2.40. The number of hydrogen-bond donors (Lipinski definition) is 0. The first-order valence-electron chi connectivity index (χ1n) is 8.35. The van der Waals surface area contributed by atoms with Crippen molar-refractivity contribution in [1.29, 1.82) is 0 Å². The Labute approximate surface area is 132 Å². The second-order valence-corrected chi connectivity index (χ2v) is 7.15. The molecule has 0 aromatic heterocycles. The fourth-order valence-corrected chi connectivity index (χ4v) is 4.08. The molecule has 1 aliphatic carbocycles. The number of benzene rings is 1. The standard InChI is InChI=1S/C19H23NO2/c1-14-2-4-16-15(12-14)3-5-17(16)18(21)22-13-19-6-9-20(10-7-19)11-8-19/h2,4-5,12H,3,6-11,13H2,1H3. The molecule has 0 N–H and O–H groups in total. The summed E-state index contributed by atoms with van der Waals surface area (Å²) in [6.45, 7) is 6.19. The second kappa shape index (κ2) is 5.24. The molecule has 3 heteroatoms. The van der Waals surface area contributed by atoms with E-state index in [1.54, 1.807) is 0 Å². The molecule has 0 amide bonds. The van der Waals surface area contributed by atoms with Crippen molar-refractivity contribution in [2.75, 3.05) is 26.2 Å². The number of aryl methyl sites for hydroxylation is 1. The second-order valence-electron chi connectivity index (χ2n) is 7.15. The van der Waals surface area contributed by atoms with E-state index in [0.717, 1.165) is 17.6 Å². The van der Waals surface area contributed by atoms with Crippen LogP contribution in [0.5, 0.6) is 0 Å². The molecule has 0 radical (unpaired) electrons. The van der Waals surface area contributed by atoms with Crippen LogP contribution in [0.25, 0.3) is 5.57 Å². The fourth-order valence-electron chi connectivity index (χ4n) is 4.08. The van der Waals surface area contributed by atoms with E-state index in [-0.39, 0.29) is 11.4 Å². The van der Waals surface area contributed by atoms with E-state index in [4.69, 9.17) is 4.74 Å². The summed E-state index contributed by atoms with van der Waals surface area (Å²) in [5.74, 6) is -0.134. The minimum atomic E-state index is -0.134. The van der Waals surface area contributed by atoms with Crippen molar-refractivity contribution < 1.29 is 9.53 Å². The average Bonchev–Trinajstić information content (AvgIpc) is 2.97. The van der Waals surface area contributed by atoms with Gasteiger partial charge in [-0.2, -0.15) is 0 Å². The van der Waals surface area contributed by atoms with Crippen molar-refractivity contribution in [3.8, 4) is 0 Å². The molecule has 0 unspecified atom stereocenters. The summed E-state index contributed by atoms with van der Waals surface area (Å²) < 4.78 is 5.75. The van der Waals surface area contributed by atoms with Crippen LogP contribution in [0, 0.1) is 12.3 Å². The Morgan fingerprint density at radius 2 is 1.95 bits per heavy atom. The topological polar surface area (TPSA) is 29.5 Å². The fraction of sp³-hybridized carbons (Fsp3) is 0.526. The number of carbonyl (C=O) groups excluding carboxylic acids is 1. The lowest BCUT2D eigenvalue weighted by Crippen LogP contribution is -2.50. The van der Waals surface area contributed by atoms with Gasteiger partial charge in [0.05, 0.1) is 12.2 Å². The number of esters is 1. The Morgan fingerprint density at radius 1 is 1.23 bits per heavy atom. The van der Waals surface area contributed by atoms with Crippen molar-refractivity contribution in [2.24, 2.45) is 5.41 Å². The van der Waals surface area contributed by atoms with Crippen molar-refractivity contribution in [2.45, 2.75) is 32.6 Å². The van der Waals surface area contributed by atoms with Crippen LogP contribution in [-0.4, -0.2) is 37.1 Å². The minimum Gasteiger partial charge on any atom is -0.461 e. The molecule has 0 saturated carbocycles. The Kier molecular flexibility index (Phi) is 3.33. The summed E-state index contributed by atoms with van der Waals surface area (Å²) in [5, 5.41) is 0. The molecule has 3 saturated heterocycles. The highest BCUT2D eigenvalue weighted by atomic mass is 16.5. The number of allylic oxidation sites excluding steroid dienone is 1. The van der Waals surface area contributed by atoms with Crippen LogP contribution in [0.3, 0.4) is 0 Å². The van der Waals surface area contributed by atoms with Crippen LogP contribution in [-0.2, 0) is 16.0 Å². The Morgan fingerprint density at radius 3 is 2.68 bits per heavy atom. The van der Waals surface area contributed by atoms with Gasteiger partial charge in [0, 0.05) is 5.41 Å². The van der Waals surface area contributed by atoms with Gasteiger partial charge < -0.3 is 9.64 Å². The predicted octanol–water partition coefficient (Wildman–Crippen LogP) is 2.96. The van der Waals surface area contributed by atoms with Crippen LogP contribution in [0.2, 0.25) is 0 Å². The maximum atomic E-state index is 12.5. The largest absolute Gasteiger partial charge is 0.461 e. The van der Waals surface area contributed by atoms with Gasteiger partial charge in [0.15, 0.2) is 0 Å². The highest BCUT2D eigenvalue weighted by Gasteiger charge is 2.40. The first-order chi connectivity index (χ1) is 10.7. The Balaban J connectivity index is 1.44. The summed E-state index contributed by atoms with van der Waals surface area (Å²) >= 11 is 0. The molecule has 1 aromatic rings. The van der Waals surface area contributed by atoms with Crippen LogP contribution in [0.1, 0.15) is 36.0 Å². The lowest BCUT2D eigenvalue weighted by atomic mass is 9.73. The zero-order valence-electron chi connectivity index (χ0n) is 13.2. The molecule has 3 nitrogen and oxygen atoms in total.